The molecule has 0 atom stereocenters. The number of carbonyl (C=O) groups excluding carboxylic acids is 1. The second kappa shape index (κ2) is 7.44. The lowest BCUT2D eigenvalue weighted by Crippen LogP contribution is -2.48. The van der Waals surface area contributed by atoms with Gasteiger partial charge in [-0.25, -0.2) is 0 Å². The number of para-hydroxylation sites is 1. The molecule has 1 fully saturated rings. The maximum absolute atomic E-state index is 12.8. The van der Waals surface area contributed by atoms with Crippen LogP contribution in [0.15, 0.2) is 73.1 Å². The third kappa shape index (κ3) is 3.61. The van der Waals surface area contributed by atoms with E-state index in [1.54, 1.807) is 6.20 Å². The summed E-state index contributed by atoms with van der Waals surface area (Å²) in [5.41, 5.74) is 3.05. The minimum Gasteiger partial charge on any atom is -0.368 e. The van der Waals surface area contributed by atoms with E-state index in [4.69, 9.17) is 0 Å². The first kappa shape index (κ1) is 16.4. The Hall–Kier alpha value is -3.08. The molecule has 0 spiro atoms. The van der Waals surface area contributed by atoms with Crippen molar-refractivity contribution in [3.63, 3.8) is 0 Å². The van der Waals surface area contributed by atoms with Gasteiger partial charge in [0, 0.05) is 38.1 Å². The van der Waals surface area contributed by atoms with Crippen LogP contribution in [0.1, 0.15) is 15.9 Å². The number of benzene rings is 2. The fourth-order valence-corrected chi connectivity index (χ4v) is 3.32. The monoisotopic (exact) mass is 346 g/mol. The van der Waals surface area contributed by atoms with E-state index in [9.17, 15) is 4.79 Å². The Kier molecular flexibility index (Phi) is 4.69. The zero-order valence-corrected chi connectivity index (χ0v) is 14.7. The van der Waals surface area contributed by atoms with E-state index in [1.165, 1.54) is 11.3 Å². The smallest absolute Gasteiger partial charge is 0.257 e. The van der Waals surface area contributed by atoms with Gasteiger partial charge in [0.15, 0.2) is 0 Å². The number of hydrogen-bond donors (Lipinski definition) is 0. The molecule has 2 aromatic carbocycles. The van der Waals surface area contributed by atoms with Gasteiger partial charge in [0.2, 0.25) is 0 Å². The average Bonchev–Trinajstić information content (AvgIpc) is 3.17. The number of anilines is 1. The maximum atomic E-state index is 12.8. The van der Waals surface area contributed by atoms with Gasteiger partial charge in [0.25, 0.3) is 5.91 Å². The number of hydrogen-bond acceptors (Lipinski definition) is 3. The van der Waals surface area contributed by atoms with Crippen molar-refractivity contribution >= 4 is 11.6 Å². The first-order chi connectivity index (χ1) is 12.8. The Bertz CT molecular complexity index is 852. The van der Waals surface area contributed by atoms with Gasteiger partial charge >= 0.3 is 0 Å². The van der Waals surface area contributed by atoms with Gasteiger partial charge in [0.1, 0.15) is 0 Å². The third-order valence-corrected chi connectivity index (χ3v) is 4.76. The van der Waals surface area contributed by atoms with Gasteiger partial charge in [0.05, 0.1) is 18.3 Å². The molecule has 0 N–H and O–H groups in total. The molecule has 1 saturated heterocycles. The molecule has 0 aliphatic carbocycles. The summed E-state index contributed by atoms with van der Waals surface area (Å²) in [6.07, 6.45) is 3.52. The minimum absolute atomic E-state index is 0.0667. The SMILES string of the molecule is O=C(c1cnn(Cc2ccccc2)c1)N1CCN(c2ccccc2)CC1. The Morgan fingerprint density at radius 2 is 1.54 bits per heavy atom. The predicted octanol–water partition coefficient (Wildman–Crippen LogP) is 2.89. The molecule has 4 rings (SSSR count). The summed E-state index contributed by atoms with van der Waals surface area (Å²) in [5.74, 6) is 0.0667. The zero-order valence-electron chi connectivity index (χ0n) is 14.7. The first-order valence-electron chi connectivity index (χ1n) is 8.95. The number of amides is 1. The lowest BCUT2D eigenvalue weighted by Gasteiger charge is -2.36. The predicted molar refractivity (Wildman–Crippen MR) is 102 cm³/mol. The molecule has 5 heteroatoms. The van der Waals surface area contributed by atoms with Crippen LogP contribution < -0.4 is 4.90 Å². The second-order valence-corrected chi connectivity index (χ2v) is 6.53. The summed E-state index contributed by atoms with van der Waals surface area (Å²) in [6.45, 7) is 3.85. The van der Waals surface area contributed by atoms with Crippen LogP contribution >= 0.6 is 0 Å². The van der Waals surface area contributed by atoms with E-state index in [1.807, 2.05) is 52.2 Å². The van der Waals surface area contributed by atoms with E-state index in [0.29, 0.717) is 12.1 Å². The minimum atomic E-state index is 0.0667. The summed E-state index contributed by atoms with van der Waals surface area (Å²) >= 11 is 0. The largest absolute Gasteiger partial charge is 0.368 e. The molecule has 0 saturated carbocycles. The van der Waals surface area contributed by atoms with Crippen LogP contribution in [0.5, 0.6) is 0 Å². The van der Waals surface area contributed by atoms with Gasteiger partial charge in [-0.15, -0.1) is 0 Å². The highest BCUT2D eigenvalue weighted by Crippen LogP contribution is 2.17. The third-order valence-electron chi connectivity index (χ3n) is 4.76. The van der Waals surface area contributed by atoms with Crippen LogP contribution in [-0.4, -0.2) is 46.8 Å². The number of aromatic nitrogens is 2. The van der Waals surface area contributed by atoms with Crippen LogP contribution in [0.3, 0.4) is 0 Å². The molecular formula is C21H22N4O. The Labute approximate surface area is 153 Å². The van der Waals surface area contributed by atoms with Crippen molar-refractivity contribution in [2.75, 3.05) is 31.1 Å². The lowest BCUT2D eigenvalue weighted by atomic mass is 10.2. The fourth-order valence-electron chi connectivity index (χ4n) is 3.32. The summed E-state index contributed by atoms with van der Waals surface area (Å²) in [6, 6.07) is 20.5. The molecule has 1 aliphatic rings. The standard InChI is InChI=1S/C21H22N4O/c26-21(19-15-22-25(17-19)16-18-7-3-1-4-8-18)24-13-11-23(12-14-24)20-9-5-2-6-10-20/h1-10,15,17H,11-14,16H2. The second-order valence-electron chi connectivity index (χ2n) is 6.53. The van der Waals surface area contributed by atoms with Crippen molar-refractivity contribution in [3.8, 4) is 0 Å². The van der Waals surface area contributed by atoms with Gasteiger partial charge in [-0.3, -0.25) is 9.48 Å². The molecule has 5 nitrogen and oxygen atoms in total. The van der Waals surface area contributed by atoms with Crippen molar-refractivity contribution in [1.82, 2.24) is 14.7 Å². The maximum Gasteiger partial charge on any atom is 0.257 e. The highest BCUT2D eigenvalue weighted by Gasteiger charge is 2.23. The van der Waals surface area contributed by atoms with Gasteiger partial charge in [-0.2, -0.15) is 5.10 Å². The van der Waals surface area contributed by atoms with Crippen molar-refractivity contribution in [2.24, 2.45) is 0 Å². The highest BCUT2D eigenvalue weighted by molar-refractivity contribution is 5.93. The topological polar surface area (TPSA) is 41.4 Å². The Balaban J connectivity index is 1.37. The van der Waals surface area contributed by atoms with Crippen LogP contribution in [0.4, 0.5) is 5.69 Å². The lowest BCUT2D eigenvalue weighted by molar-refractivity contribution is 0.0746. The number of carbonyl (C=O) groups is 1. The molecule has 26 heavy (non-hydrogen) atoms. The summed E-state index contributed by atoms with van der Waals surface area (Å²) in [7, 11) is 0. The number of rotatable bonds is 4. The van der Waals surface area contributed by atoms with E-state index in [0.717, 1.165) is 26.2 Å². The molecule has 1 aliphatic heterocycles. The van der Waals surface area contributed by atoms with Crippen LogP contribution in [0.2, 0.25) is 0 Å². The van der Waals surface area contributed by atoms with Gasteiger partial charge in [-0.05, 0) is 17.7 Å². The van der Waals surface area contributed by atoms with Gasteiger partial charge < -0.3 is 9.80 Å². The molecule has 1 aromatic heterocycles. The van der Waals surface area contributed by atoms with E-state index in [2.05, 4.69) is 34.3 Å². The first-order valence-corrected chi connectivity index (χ1v) is 8.95. The normalized spacial score (nSPS) is 14.5. The number of nitrogens with zero attached hydrogens (tertiary/aromatic N) is 4. The van der Waals surface area contributed by atoms with Crippen molar-refractivity contribution < 1.29 is 4.79 Å². The molecule has 0 radical (unpaired) electrons. The van der Waals surface area contributed by atoms with E-state index in [-0.39, 0.29) is 5.91 Å². The van der Waals surface area contributed by atoms with Crippen molar-refractivity contribution in [2.45, 2.75) is 6.54 Å². The summed E-state index contributed by atoms with van der Waals surface area (Å²) in [5, 5.41) is 4.35. The summed E-state index contributed by atoms with van der Waals surface area (Å²) < 4.78 is 1.82. The van der Waals surface area contributed by atoms with E-state index >= 15 is 0 Å². The zero-order chi connectivity index (χ0) is 17.8. The van der Waals surface area contributed by atoms with Crippen molar-refractivity contribution in [1.29, 1.82) is 0 Å². The quantitative estimate of drug-likeness (QED) is 0.729. The van der Waals surface area contributed by atoms with Gasteiger partial charge in [-0.1, -0.05) is 48.5 Å². The molecular weight excluding hydrogens is 324 g/mol. The Morgan fingerprint density at radius 1 is 0.885 bits per heavy atom. The molecule has 1 amide bonds. The molecule has 2 heterocycles. The van der Waals surface area contributed by atoms with Crippen LogP contribution in [-0.2, 0) is 6.54 Å². The Morgan fingerprint density at radius 3 is 2.23 bits per heavy atom. The fraction of sp³-hybridized carbons (Fsp3) is 0.238. The average molecular weight is 346 g/mol. The van der Waals surface area contributed by atoms with Crippen LogP contribution in [0, 0.1) is 0 Å². The summed E-state index contributed by atoms with van der Waals surface area (Å²) in [4.78, 5) is 17.0. The number of piperazine rings is 1. The molecule has 0 bridgehead atoms. The van der Waals surface area contributed by atoms with Crippen molar-refractivity contribution in [3.05, 3.63) is 84.2 Å². The van der Waals surface area contributed by atoms with E-state index < -0.39 is 0 Å². The molecule has 3 aromatic rings. The highest BCUT2D eigenvalue weighted by atomic mass is 16.2. The molecule has 0 unspecified atom stereocenters. The molecule has 132 valence electrons. The van der Waals surface area contributed by atoms with Crippen LogP contribution in [0.25, 0.3) is 0 Å².